The van der Waals surface area contributed by atoms with Gasteiger partial charge in [0.2, 0.25) is 0 Å². The van der Waals surface area contributed by atoms with Gasteiger partial charge in [0.05, 0.1) is 17.6 Å². The summed E-state index contributed by atoms with van der Waals surface area (Å²) in [6.45, 7) is 6.29. The first-order valence-corrected chi connectivity index (χ1v) is 10.2. The summed E-state index contributed by atoms with van der Waals surface area (Å²) in [5.74, 6) is 2.34. The molecule has 29 heavy (non-hydrogen) atoms. The molecule has 2 aromatic heterocycles. The number of nitrogens with one attached hydrogen (secondary N) is 1. The Morgan fingerprint density at radius 1 is 1.28 bits per heavy atom. The summed E-state index contributed by atoms with van der Waals surface area (Å²) in [4.78, 5) is 19.8. The van der Waals surface area contributed by atoms with E-state index in [4.69, 9.17) is 4.74 Å². The molecular formula is C22H23N5O2. The van der Waals surface area contributed by atoms with Crippen LogP contribution in [0.25, 0.3) is 5.65 Å². The number of hydrogen-bond donors (Lipinski definition) is 1. The third-order valence-corrected chi connectivity index (χ3v) is 6.27. The van der Waals surface area contributed by atoms with Crippen molar-refractivity contribution in [3.05, 3.63) is 47.9 Å². The minimum absolute atomic E-state index is 0.192. The van der Waals surface area contributed by atoms with Crippen molar-refractivity contribution in [2.45, 2.75) is 32.3 Å². The summed E-state index contributed by atoms with van der Waals surface area (Å²) in [5, 5.41) is 7.38. The van der Waals surface area contributed by atoms with E-state index in [9.17, 15) is 4.79 Å². The van der Waals surface area contributed by atoms with Crippen LogP contribution in [0.4, 0.5) is 11.4 Å². The third kappa shape index (κ3) is 2.75. The van der Waals surface area contributed by atoms with E-state index in [-0.39, 0.29) is 11.5 Å². The third-order valence-electron chi connectivity index (χ3n) is 6.27. The summed E-state index contributed by atoms with van der Waals surface area (Å²) >= 11 is 0. The van der Waals surface area contributed by atoms with Crippen LogP contribution >= 0.6 is 0 Å². The summed E-state index contributed by atoms with van der Waals surface area (Å²) in [5.41, 5.74) is 3.83. The number of fused-ring (bicyclic) bond motifs is 3. The molecule has 7 heteroatoms. The lowest BCUT2D eigenvalue weighted by Crippen LogP contribution is -2.25. The van der Waals surface area contributed by atoms with Gasteiger partial charge in [-0.05, 0) is 44.2 Å². The van der Waals surface area contributed by atoms with Crippen LogP contribution in [0.15, 0.2) is 36.8 Å². The minimum atomic E-state index is -0.220. The Morgan fingerprint density at radius 2 is 2.10 bits per heavy atom. The predicted octanol–water partition coefficient (Wildman–Crippen LogP) is 3.15. The molecule has 2 atom stereocenters. The molecule has 0 bridgehead atoms. The fourth-order valence-corrected chi connectivity index (χ4v) is 4.77. The van der Waals surface area contributed by atoms with Gasteiger partial charge in [-0.1, -0.05) is 0 Å². The lowest BCUT2D eigenvalue weighted by atomic mass is 10.0. The molecule has 1 N–H and O–H groups in total. The molecule has 0 spiro atoms. The first kappa shape index (κ1) is 16.8. The molecular weight excluding hydrogens is 366 g/mol. The van der Waals surface area contributed by atoms with Crippen LogP contribution in [-0.2, 0) is 6.42 Å². The molecule has 148 valence electrons. The quantitative estimate of drug-likeness (QED) is 0.745. The van der Waals surface area contributed by atoms with Crippen molar-refractivity contribution in [3.63, 3.8) is 0 Å². The highest BCUT2D eigenvalue weighted by Crippen LogP contribution is 2.49. The fraction of sp³-hybridized carbons (Fsp3) is 0.409. The number of aromatic nitrogens is 3. The van der Waals surface area contributed by atoms with Gasteiger partial charge in [0.1, 0.15) is 16.9 Å². The predicted molar refractivity (Wildman–Crippen MR) is 110 cm³/mol. The number of anilines is 2. The molecule has 2 fully saturated rings. The van der Waals surface area contributed by atoms with E-state index in [1.807, 2.05) is 0 Å². The van der Waals surface area contributed by atoms with Crippen molar-refractivity contribution < 1.29 is 9.53 Å². The highest BCUT2D eigenvalue weighted by Gasteiger charge is 2.46. The molecule has 0 radical (unpaired) electrons. The summed E-state index contributed by atoms with van der Waals surface area (Å²) in [7, 11) is 0. The maximum Gasteiger partial charge on any atom is 0.261 e. The number of ether oxygens (including phenoxy) is 1. The van der Waals surface area contributed by atoms with Crippen molar-refractivity contribution in [1.82, 2.24) is 14.6 Å². The lowest BCUT2D eigenvalue weighted by molar-refractivity contribution is 0.102. The zero-order chi connectivity index (χ0) is 19.8. The summed E-state index contributed by atoms with van der Waals surface area (Å²) in [6.07, 6.45) is 7.19. The first-order chi connectivity index (χ1) is 14.0. The van der Waals surface area contributed by atoms with Gasteiger partial charge in [-0.3, -0.25) is 4.79 Å². The van der Waals surface area contributed by atoms with E-state index in [0.29, 0.717) is 11.2 Å². The fourth-order valence-electron chi connectivity index (χ4n) is 4.77. The number of piperidine rings is 1. The first-order valence-electron chi connectivity index (χ1n) is 10.2. The van der Waals surface area contributed by atoms with Gasteiger partial charge in [0.15, 0.2) is 5.65 Å². The average molecular weight is 389 g/mol. The Balaban J connectivity index is 1.37. The highest BCUT2D eigenvalue weighted by atomic mass is 16.5. The molecule has 1 aromatic carbocycles. The van der Waals surface area contributed by atoms with E-state index in [1.165, 1.54) is 6.42 Å². The Morgan fingerprint density at radius 3 is 2.93 bits per heavy atom. The van der Waals surface area contributed by atoms with Gasteiger partial charge in [-0.15, -0.1) is 0 Å². The summed E-state index contributed by atoms with van der Waals surface area (Å²) in [6, 6.07) is 5.99. The van der Waals surface area contributed by atoms with Crippen molar-refractivity contribution in [3.8, 4) is 5.75 Å². The van der Waals surface area contributed by atoms with Gasteiger partial charge in [0.25, 0.3) is 5.91 Å². The maximum absolute atomic E-state index is 13.1. The Labute approximate surface area is 168 Å². The second-order valence-electron chi connectivity index (χ2n) is 9.08. The second kappa shape index (κ2) is 5.72. The van der Waals surface area contributed by atoms with E-state index >= 15 is 0 Å². The normalized spacial score (nSPS) is 23.6. The van der Waals surface area contributed by atoms with Gasteiger partial charge in [-0.25, -0.2) is 9.50 Å². The van der Waals surface area contributed by atoms with Crippen LogP contribution in [-0.4, -0.2) is 39.2 Å². The largest absolute Gasteiger partial charge is 0.487 e. The molecule has 1 saturated heterocycles. The van der Waals surface area contributed by atoms with Gasteiger partial charge >= 0.3 is 0 Å². The van der Waals surface area contributed by atoms with Crippen LogP contribution < -0.4 is 15.0 Å². The van der Waals surface area contributed by atoms with Crippen molar-refractivity contribution in [2.24, 2.45) is 11.8 Å². The Kier molecular flexibility index (Phi) is 3.32. The number of rotatable bonds is 3. The maximum atomic E-state index is 13.1. The molecule has 7 nitrogen and oxygen atoms in total. The standard InChI is InChI=1S/C22H23N5O2/c1-22(2)9-13-7-17(18(8-19(13)29-22)26-11-14-6-15(14)12-26)25-21(28)16-10-24-27-5-3-4-23-20(16)27/h3-5,7-8,10,14-15H,6,9,11-12H2,1-2H3,(H,25,28). The van der Waals surface area contributed by atoms with Crippen molar-refractivity contribution in [1.29, 1.82) is 0 Å². The highest BCUT2D eigenvalue weighted by molar-refractivity contribution is 6.09. The van der Waals surface area contributed by atoms with Crippen LogP contribution in [0.3, 0.4) is 0 Å². The van der Waals surface area contributed by atoms with Crippen molar-refractivity contribution in [2.75, 3.05) is 23.3 Å². The topological polar surface area (TPSA) is 71.8 Å². The van der Waals surface area contributed by atoms with Gasteiger partial charge < -0.3 is 15.0 Å². The molecule has 2 aliphatic heterocycles. The molecule has 3 aliphatic rings. The zero-order valence-corrected chi connectivity index (χ0v) is 16.6. The molecule has 1 saturated carbocycles. The number of amides is 1. The number of hydrogen-bond acceptors (Lipinski definition) is 5. The van der Waals surface area contributed by atoms with Crippen LogP contribution in [0.5, 0.6) is 5.75 Å². The van der Waals surface area contributed by atoms with Crippen LogP contribution in [0.1, 0.15) is 36.2 Å². The summed E-state index contributed by atoms with van der Waals surface area (Å²) < 4.78 is 7.77. The van der Waals surface area contributed by atoms with Gasteiger partial charge in [0, 0.05) is 43.5 Å². The minimum Gasteiger partial charge on any atom is -0.487 e. The smallest absolute Gasteiger partial charge is 0.261 e. The van der Waals surface area contributed by atoms with Crippen LogP contribution in [0, 0.1) is 11.8 Å². The van der Waals surface area contributed by atoms with Gasteiger partial charge in [-0.2, -0.15) is 5.10 Å². The Bertz CT molecular complexity index is 1140. The molecule has 1 aliphatic carbocycles. The molecule has 2 unspecified atom stereocenters. The second-order valence-corrected chi connectivity index (χ2v) is 9.08. The number of nitrogens with zero attached hydrogens (tertiary/aromatic N) is 4. The zero-order valence-electron chi connectivity index (χ0n) is 16.6. The lowest BCUT2D eigenvalue weighted by Gasteiger charge is -2.24. The molecule has 3 aromatic rings. The monoisotopic (exact) mass is 389 g/mol. The van der Waals surface area contributed by atoms with E-state index in [1.54, 1.807) is 29.2 Å². The van der Waals surface area contributed by atoms with E-state index in [0.717, 1.165) is 54.0 Å². The number of carbonyl (C=O) groups is 1. The number of benzene rings is 1. The van der Waals surface area contributed by atoms with Crippen LogP contribution in [0.2, 0.25) is 0 Å². The molecule has 4 heterocycles. The molecule has 1 amide bonds. The van der Waals surface area contributed by atoms with E-state index in [2.05, 4.69) is 46.3 Å². The number of carbonyl (C=O) groups excluding carboxylic acids is 1. The Hall–Kier alpha value is -3.09. The average Bonchev–Trinajstić information content (AvgIpc) is 3.04. The van der Waals surface area contributed by atoms with E-state index < -0.39 is 0 Å². The SMILES string of the molecule is CC1(C)Cc2cc(NC(=O)c3cnn4cccnc34)c(N3CC4CC4C3)cc2O1. The van der Waals surface area contributed by atoms with Crippen molar-refractivity contribution >= 4 is 22.9 Å². The molecule has 6 rings (SSSR count).